The van der Waals surface area contributed by atoms with Crippen molar-refractivity contribution in [3.05, 3.63) is 54.4 Å². The van der Waals surface area contributed by atoms with Crippen LogP contribution in [-0.4, -0.2) is 25.2 Å². The average molecular weight is 306 g/mol. The summed E-state index contributed by atoms with van der Waals surface area (Å²) in [6, 6.07) is 12.9. The highest BCUT2D eigenvalue weighted by Crippen LogP contribution is 2.36. The minimum absolute atomic E-state index is 0.200. The van der Waals surface area contributed by atoms with Gasteiger partial charge in [0.1, 0.15) is 0 Å². The molecule has 3 aromatic rings. The molecule has 1 saturated carbocycles. The van der Waals surface area contributed by atoms with Crippen LogP contribution in [0, 0.1) is 0 Å². The SMILES string of the molecule is C[C@@H](Nc1ccc(-c2nnnn2C2CC2)cc1)c1cccnc1. The van der Waals surface area contributed by atoms with E-state index in [1.165, 1.54) is 12.8 Å². The third kappa shape index (κ3) is 2.92. The Morgan fingerprint density at radius 1 is 1.17 bits per heavy atom. The van der Waals surface area contributed by atoms with E-state index in [-0.39, 0.29) is 6.04 Å². The van der Waals surface area contributed by atoms with Crippen LogP contribution in [0.3, 0.4) is 0 Å². The summed E-state index contributed by atoms with van der Waals surface area (Å²) in [5.41, 5.74) is 3.27. The second kappa shape index (κ2) is 5.79. The predicted octanol–water partition coefficient (Wildman–Crippen LogP) is 3.24. The molecular weight excluding hydrogens is 288 g/mol. The van der Waals surface area contributed by atoms with Gasteiger partial charge in [-0.15, -0.1) is 5.10 Å². The molecule has 116 valence electrons. The first-order chi connectivity index (χ1) is 11.3. The summed E-state index contributed by atoms with van der Waals surface area (Å²) in [7, 11) is 0. The molecule has 0 bridgehead atoms. The van der Waals surface area contributed by atoms with Crippen molar-refractivity contribution in [2.45, 2.75) is 31.8 Å². The van der Waals surface area contributed by atoms with E-state index in [4.69, 9.17) is 0 Å². The molecule has 6 heteroatoms. The first kappa shape index (κ1) is 13.9. The van der Waals surface area contributed by atoms with E-state index in [1.54, 1.807) is 6.20 Å². The maximum absolute atomic E-state index is 4.16. The fourth-order valence-corrected chi connectivity index (χ4v) is 2.63. The number of hydrogen-bond donors (Lipinski definition) is 1. The molecule has 0 saturated heterocycles. The normalized spacial score (nSPS) is 15.3. The minimum Gasteiger partial charge on any atom is -0.378 e. The van der Waals surface area contributed by atoms with Crippen LogP contribution in [0.25, 0.3) is 11.4 Å². The Balaban J connectivity index is 1.51. The third-order valence-corrected chi connectivity index (χ3v) is 4.10. The Labute approximate surface area is 134 Å². The maximum Gasteiger partial charge on any atom is 0.182 e. The van der Waals surface area contributed by atoms with E-state index < -0.39 is 0 Å². The van der Waals surface area contributed by atoms with Crippen molar-refractivity contribution >= 4 is 5.69 Å². The smallest absolute Gasteiger partial charge is 0.182 e. The molecule has 1 aromatic carbocycles. The second-order valence-electron chi connectivity index (χ2n) is 5.91. The highest BCUT2D eigenvalue weighted by molar-refractivity contribution is 5.60. The molecule has 2 aromatic heterocycles. The van der Waals surface area contributed by atoms with Gasteiger partial charge < -0.3 is 5.32 Å². The van der Waals surface area contributed by atoms with Crippen molar-refractivity contribution in [2.24, 2.45) is 0 Å². The third-order valence-electron chi connectivity index (χ3n) is 4.10. The number of pyridine rings is 1. The summed E-state index contributed by atoms with van der Waals surface area (Å²) < 4.78 is 1.93. The van der Waals surface area contributed by atoms with E-state index in [0.29, 0.717) is 6.04 Å². The van der Waals surface area contributed by atoms with Crippen molar-refractivity contribution in [3.63, 3.8) is 0 Å². The molecule has 0 unspecified atom stereocenters. The molecule has 2 heterocycles. The highest BCUT2D eigenvalue weighted by Gasteiger charge is 2.28. The van der Waals surface area contributed by atoms with Crippen LogP contribution in [-0.2, 0) is 0 Å². The zero-order valence-electron chi connectivity index (χ0n) is 12.9. The number of nitrogens with zero attached hydrogens (tertiary/aromatic N) is 5. The van der Waals surface area contributed by atoms with E-state index in [2.05, 4.69) is 63.1 Å². The molecule has 1 N–H and O–H groups in total. The molecule has 4 rings (SSSR count). The lowest BCUT2D eigenvalue weighted by molar-refractivity contribution is 0.615. The number of nitrogens with one attached hydrogen (secondary N) is 1. The van der Waals surface area contributed by atoms with Crippen LogP contribution in [0.4, 0.5) is 5.69 Å². The quantitative estimate of drug-likeness (QED) is 0.783. The summed E-state index contributed by atoms with van der Waals surface area (Å²) in [6.07, 6.45) is 6.01. The fraction of sp³-hybridized carbons (Fsp3) is 0.294. The first-order valence-corrected chi connectivity index (χ1v) is 7.86. The molecule has 1 atom stereocenters. The molecule has 0 aliphatic heterocycles. The van der Waals surface area contributed by atoms with Gasteiger partial charge in [0.15, 0.2) is 5.82 Å². The number of hydrogen-bond acceptors (Lipinski definition) is 5. The average Bonchev–Trinajstić information content (AvgIpc) is 3.33. The molecule has 6 nitrogen and oxygen atoms in total. The minimum atomic E-state index is 0.200. The van der Waals surface area contributed by atoms with Crippen LogP contribution in [0.1, 0.15) is 37.4 Å². The number of rotatable bonds is 5. The Bertz CT molecular complexity index is 776. The molecule has 0 spiro atoms. The summed E-state index contributed by atoms with van der Waals surface area (Å²) in [5, 5.41) is 15.5. The maximum atomic E-state index is 4.16. The van der Waals surface area contributed by atoms with Crippen molar-refractivity contribution in [1.29, 1.82) is 0 Å². The van der Waals surface area contributed by atoms with Crippen molar-refractivity contribution in [2.75, 3.05) is 5.32 Å². The van der Waals surface area contributed by atoms with Crippen LogP contribution in [0.5, 0.6) is 0 Å². The zero-order valence-corrected chi connectivity index (χ0v) is 12.9. The van der Waals surface area contributed by atoms with Crippen LogP contribution >= 0.6 is 0 Å². The van der Waals surface area contributed by atoms with Gasteiger partial charge in [-0.3, -0.25) is 4.98 Å². The summed E-state index contributed by atoms with van der Waals surface area (Å²) in [4.78, 5) is 4.16. The van der Waals surface area contributed by atoms with Gasteiger partial charge in [0.2, 0.25) is 0 Å². The molecule has 23 heavy (non-hydrogen) atoms. The lowest BCUT2D eigenvalue weighted by Crippen LogP contribution is -2.06. The standard InChI is InChI=1S/C17H18N6/c1-12(14-3-2-10-18-11-14)19-15-6-4-13(5-7-15)17-20-21-22-23(17)16-8-9-16/h2-7,10-12,16,19H,8-9H2,1H3/t12-/m1/s1. The number of aromatic nitrogens is 5. The van der Waals surface area contributed by atoms with Gasteiger partial charge in [-0.25, -0.2) is 4.68 Å². The first-order valence-electron chi connectivity index (χ1n) is 7.86. The van der Waals surface area contributed by atoms with Crippen molar-refractivity contribution < 1.29 is 0 Å². The predicted molar refractivity (Wildman–Crippen MR) is 87.8 cm³/mol. The Hall–Kier alpha value is -2.76. The van der Waals surface area contributed by atoms with Gasteiger partial charge in [-0.05, 0) is 66.1 Å². The van der Waals surface area contributed by atoms with Crippen LogP contribution < -0.4 is 5.32 Å². The Morgan fingerprint density at radius 2 is 2.00 bits per heavy atom. The lowest BCUT2D eigenvalue weighted by atomic mass is 10.1. The summed E-state index contributed by atoms with van der Waals surface area (Å²) in [6.45, 7) is 2.12. The highest BCUT2D eigenvalue weighted by atomic mass is 15.6. The van der Waals surface area contributed by atoms with E-state index >= 15 is 0 Å². The monoisotopic (exact) mass is 306 g/mol. The molecule has 0 amide bonds. The van der Waals surface area contributed by atoms with E-state index in [9.17, 15) is 0 Å². The van der Waals surface area contributed by atoms with Crippen LogP contribution in [0.15, 0.2) is 48.8 Å². The Morgan fingerprint density at radius 3 is 2.70 bits per heavy atom. The van der Waals surface area contributed by atoms with E-state index in [0.717, 1.165) is 22.6 Å². The Kier molecular flexibility index (Phi) is 3.49. The molecule has 1 aliphatic rings. The zero-order chi connectivity index (χ0) is 15.6. The van der Waals surface area contributed by atoms with Crippen molar-refractivity contribution in [3.8, 4) is 11.4 Å². The van der Waals surface area contributed by atoms with Gasteiger partial charge in [-0.1, -0.05) is 6.07 Å². The lowest BCUT2D eigenvalue weighted by Gasteiger charge is -2.15. The number of tetrazole rings is 1. The van der Waals surface area contributed by atoms with Crippen molar-refractivity contribution in [1.82, 2.24) is 25.2 Å². The number of benzene rings is 1. The molecular formula is C17H18N6. The fourth-order valence-electron chi connectivity index (χ4n) is 2.63. The van der Waals surface area contributed by atoms with Gasteiger partial charge in [0.25, 0.3) is 0 Å². The van der Waals surface area contributed by atoms with Gasteiger partial charge in [-0.2, -0.15) is 0 Å². The number of anilines is 1. The van der Waals surface area contributed by atoms with Gasteiger partial charge >= 0.3 is 0 Å². The van der Waals surface area contributed by atoms with Gasteiger partial charge in [0, 0.05) is 23.6 Å². The summed E-state index contributed by atoms with van der Waals surface area (Å²) >= 11 is 0. The summed E-state index contributed by atoms with van der Waals surface area (Å²) in [5.74, 6) is 0.847. The molecule has 1 aliphatic carbocycles. The second-order valence-corrected chi connectivity index (χ2v) is 5.91. The van der Waals surface area contributed by atoms with E-state index in [1.807, 2.05) is 16.9 Å². The largest absolute Gasteiger partial charge is 0.378 e. The topological polar surface area (TPSA) is 68.5 Å². The molecule has 1 fully saturated rings. The molecule has 0 radical (unpaired) electrons. The van der Waals surface area contributed by atoms with Gasteiger partial charge in [0.05, 0.1) is 12.1 Å². The van der Waals surface area contributed by atoms with Crippen LogP contribution in [0.2, 0.25) is 0 Å².